The van der Waals surface area contributed by atoms with Gasteiger partial charge in [0.05, 0.1) is 17.7 Å². The molecule has 0 radical (unpaired) electrons. The largest absolute Gasteiger partial charge is 0.445 e. The molecule has 2 aromatic rings. The van der Waals surface area contributed by atoms with E-state index in [1.165, 1.54) is 0 Å². The van der Waals surface area contributed by atoms with Crippen LogP contribution in [0.3, 0.4) is 0 Å². The van der Waals surface area contributed by atoms with Crippen LogP contribution in [0.5, 0.6) is 0 Å². The van der Waals surface area contributed by atoms with Gasteiger partial charge in [0.25, 0.3) is 0 Å². The van der Waals surface area contributed by atoms with Crippen LogP contribution in [-0.2, 0) is 29.6 Å². The normalized spacial score (nSPS) is 13.9. The van der Waals surface area contributed by atoms with Crippen molar-refractivity contribution in [1.82, 2.24) is 10.6 Å². The first-order valence-corrected chi connectivity index (χ1v) is 14.8. The van der Waals surface area contributed by atoms with E-state index in [9.17, 15) is 19.0 Å². The quantitative estimate of drug-likeness (QED) is 0.246. The SMILES string of the molecule is C=C(C)c1cccc(C(C)(C)NC(=O)OCC(COP(C)(=O)O)OC(=O)NC(C)(C)c2cccc(C(=C)C)c2)c1. The lowest BCUT2D eigenvalue weighted by atomic mass is 9.92. The first kappa shape index (κ1) is 32.8. The zero-order valence-electron chi connectivity index (χ0n) is 24.4. The summed E-state index contributed by atoms with van der Waals surface area (Å²) in [7, 11) is -3.88. The number of alkyl carbamates (subject to hydrolysis) is 2. The Morgan fingerprint density at radius 3 is 1.75 bits per heavy atom. The number of benzene rings is 2. The van der Waals surface area contributed by atoms with Crippen LogP contribution in [0.4, 0.5) is 9.59 Å². The molecule has 0 spiro atoms. The van der Waals surface area contributed by atoms with Crippen molar-refractivity contribution < 1.29 is 33.0 Å². The molecule has 0 aliphatic rings. The zero-order chi connectivity index (χ0) is 30.3. The van der Waals surface area contributed by atoms with Gasteiger partial charge in [-0.3, -0.25) is 4.57 Å². The van der Waals surface area contributed by atoms with Gasteiger partial charge in [0, 0.05) is 6.66 Å². The second-order valence-corrected chi connectivity index (χ2v) is 12.8. The molecule has 0 saturated heterocycles. The number of hydrogen-bond acceptors (Lipinski definition) is 6. The molecule has 2 amide bonds. The minimum Gasteiger partial charge on any atom is -0.445 e. The Bertz CT molecular complexity index is 1300. The smallest absolute Gasteiger partial charge is 0.408 e. The van der Waals surface area contributed by atoms with Crippen molar-refractivity contribution in [1.29, 1.82) is 0 Å². The predicted octanol–water partition coefficient (Wildman–Crippen LogP) is 6.58. The van der Waals surface area contributed by atoms with Gasteiger partial charge in [-0.1, -0.05) is 60.7 Å². The van der Waals surface area contributed by atoms with Gasteiger partial charge in [-0.05, 0) is 75.9 Å². The van der Waals surface area contributed by atoms with E-state index in [1.54, 1.807) is 13.8 Å². The molecule has 2 unspecified atom stereocenters. The van der Waals surface area contributed by atoms with Gasteiger partial charge < -0.3 is 29.5 Å². The fourth-order valence-corrected chi connectivity index (χ4v) is 4.17. The number of carbonyl (C=O) groups excluding carboxylic acids is 2. The molecule has 0 aromatic heterocycles. The summed E-state index contributed by atoms with van der Waals surface area (Å²) in [6.45, 7) is 19.1. The highest BCUT2D eigenvalue weighted by Crippen LogP contribution is 2.36. The summed E-state index contributed by atoms with van der Waals surface area (Å²) in [4.78, 5) is 35.1. The first-order chi connectivity index (χ1) is 18.4. The minimum absolute atomic E-state index is 0.410. The Morgan fingerprint density at radius 2 is 1.32 bits per heavy atom. The van der Waals surface area contributed by atoms with Crippen LogP contribution in [0.1, 0.15) is 63.8 Å². The maximum Gasteiger partial charge on any atom is 0.408 e. The van der Waals surface area contributed by atoms with Gasteiger partial charge in [0.2, 0.25) is 0 Å². The number of hydrogen-bond donors (Lipinski definition) is 3. The number of ether oxygens (including phenoxy) is 2. The van der Waals surface area contributed by atoms with E-state index >= 15 is 0 Å². The highest BCUT2D eigenvalue weighted by molar-refractivity contribution is 7.51. The van der Waals surface area contributed by atoms with E-state index in [1.807, 2.05) is 76.2 Å². The fraction of sp³-hybridized carbons (Fsp3) is 0.400. The summed E-state index contributed by atoms with van der Waals surface area (Å²) in [5.41, 5.74) is 3.69. The average molecular weight is 573 g/mol. The molecule has 2 rings (SSSR count). The highest BCUT2D eigenvalue weighted by Gasteiger charge is 2.29. The minimum atomic E-state index is -3.88. The molecular weight excluding hydrogens is 531 g/mol. The Hall–Kier alpha value is -3.39. The van der Waals surface area contributed by atoms with E-state index in [2.05, 4.69) is 23.8 Å². The molecular formula is C30H41N2O7P. The van der Waals surface area contributed by atoms with Crippen molar-refractivity contribution in [3.8, 4) is 0 Å². The summed E-state index contributed by atoms with van der Waals surface area (Å²) >= 11 is 0. The highest BCUT2D eigenvalue weighted by atomic mass is 31.2. The van der Waals surface area contributed by atoms with Gasteiger partial charge in [-0.25, -0.2) is 9.59 Å². The standard InChI is InChI=1S/C30H41N2O7P/c1-20(2)22-12-10-14-24(16-22)29(5,6)31-27(33)37-18-26(19-38-40(9,35)36)39-28(34)32-30(7,8)25-15-11-13-23(17-25)21(3)4/h10-17,26H,1,3,18-19H2,2,4-9H3,(H,31,33)(H,32,34)(H,35,36). The summed E-state index contributed by atoms with van der Waals surface area (Å²) in [5, 5.41) is 5.58. The molecule has 40 heavy (non-hydrogen) atoms. The van der Waals surface area contributed by atoms with Crippen LogP contribution in [-0.4, -0.2) is 43.1 Å². The second kappa shape index (κ2) is 13.3. The van der Waals surface area contributed by atoms with Crippen LogP contribution >= 0.6 is 7.60 Å². The fourth-order valence-electron chi connectivity index (χ4n) is 3.72. The summed E-state index contributed by atoms with van der Waals surface area (Å²) in [6.07, 6.45) is -2.73. The maximum absolute atomic E-state index is 12.8. The molecule has 2 aromatic carbocycles. The third kappa shape index (κ3) is 10.3. The van der Waals surface area contributed by atoms with E-state index in [4.69, 9.17) is 14.0 Å². The lowest BCUT2D eigenvalue weighted by molar-refractivity contribution is 0.0135. The van der Waals surface area contributed by atoms with Crippen LogP contribution in [0.25, 0.3) is 11.1 Å². The molecule has 218 valence electrons. The molecule has 9 nitrogen and oxygen atoms in total. The van der Waals surface area contributed by atoms with E-state index in [-0.39, 0.29) is 0 Å². The number of amides is 2. The zero-order valence-corrected chi connectivity index (χ0v) is 25.3. The van der Waals surface area contributed by atoms with Crippen LogP contribution in [0.15, 0.2) is 61.7 Å². The molecule has 2 atom stereocenters. The van der Waals surface area contributed by atoms with Crippen LogP contribution < -0.4 is 10.6 Å². The summed E-state index contributed by atoms with van der Waals surface area (Å²) < 4.78 is 27.4. The lowest BCUT2D eigenvalue weighted by Crippen LogP contribution is -2.45. The van der Waals surface area contributed by atoms with Gasteiger partial charge >= 0.3 is 19.8 Å². The van der Waals surface area contributed by atoms with Crippen molar-refractivity contribution in [2.24, 2.45) is 0 Å². The molecule has 0 heterocycles. The number of allylic oxidation sites excluding steroid dienone is 2. The molecule has 0 fully saturated rings. The van der Waals surface area contributed by atoms with E-state index < -0.39 is 50.2 Å². The van der Waals surface area contributed by atoms with Crippen LogP contribution in [0.2, 0.25) is 0 Å². The third-order valence-corrected chi connectivity index (χ3v) is 6.79. The Balaban J connectivity index is 2.08. The molecule has 3 N–H and O–H groups in total. The van der Waals surface area contributed by atoms with Gasteiger partial charge in [-0.2, -0.15) is 0 Å². The predicted molar refractivity (Wildman–Crippen MR) is 158 cm³/mol. The molecule has 0 bridgehead atoms. The summed E-state index contributed by atoms with van der Waals surface area (Å²) in [6, 6.07) is 15.2. The van der Waals surface area contributed by atoms with Crippen molar-refractivity contribution in [3.63, 3.8) is 0 Å². The van der Waals surface area contributed by atoms with Crippen molar-refractivity contribution in [2.75, 3.05) is 19.9 Å². The van der Waals surface area contributed by atoms with E-state index in [0.717, 1.165) is 40.1 Å². The van der Waals surface area contributed by atoms with Gasteiger partial charge in [-0.15, -0.1) is 0 Å². The van der Waals surface area contributed by atoms with Gasteiger partial charge in [0.1, 0.15) is 6.61 Å². The number of carbonyl (C=O) groups is 2. The molecule has 0 saturated carbocycles. The molecule has 10 heteroatoms. The number of rotatable bonds is 12. The number of nitrogens with one attached hydrogen (secondary N) is 2. The Morgan fingerprint density at radius 1 is 0.875 bits per heavy atom. The third-order valence-electron chi connectivity index (χ3n) is 6.16. The monoisotopic (exact) mass is 572 g/mol. The molecule has 0 aliphatic carbocycles. The van der Waals surface area contributed by atoms with Crippen molar-refractivity contribution in [2.45, 2.75) is 58.7 Å². The Kier molecular flexibility index (Phi) is 10.9. The van der Waals surface area contributed by atoms with Crippen LogP contribution in [0, 0.1) is 0 Å². The first-order valence-electron chi connectivity index (χ1n) is 12.8. The van der Waals surface area contributed by atoms with Gasteiger partial charge in [0.15, 0.2) is 6.10 Å². The van der Waals surface area contributed by atoms with Crippen molar-refractivity contribution >= 4 is 30.9 Å². The average Bonchev–Trinajstić information content (AvgIpc) is 2.84. The topological polar surface area (TPSA) is 123 Å². The molecule has 0 aliphatic heterocycles. The maximum atomic E-state index is 12.8. The second-order valence-electron chi connectivity index (χ2n) is 10.9. The summed E-state index contributed by atoms with van der Waals surface area (Å²) in [5.74, 6) is 0. The van der Waals surface area contributed by atoms with E-state index in [0.29, 0.717) is 0 Å². The Labute approximate surface area is 237 Å². The van der Waals surface area contributed by atoms with Crippen molar-refractivity contribution in [3.05, 3.63) is 83.9 Å². The lowest BCUT2D eigenvalue weighted by Gasteiger charge is -2.29.